The van der Waals surface area contributed by atoms with Crippen LogP contribution in [0.1, 0.15) is 47.4 Å². The number of H-pyrrole nitrogens is 1. The molecular weight excluding hydrogens is 364 g/mol. The Labute approximate surface area is 164 Å². The number of carbonyl (C=O) groups is 2. The zero-order chi connectivity index (χ0) is 19.2. The van der Waals surface area contributed by atoms with Gasteiger partial charge in [-0.15, -0.1) is 0 Å². The molecule has 1 fully saturated rings. The van der Waals surface area contributed by atoms with Crippen molar-refractivity contribution < 1.29 is 9.59 Å². The van der Waals surface area contributed by atoms with Crippen molar-refractivity contribution in [2.24, 2.45) is 5.92 Å². The first-order chi connectivity index (χ1) is 13.0. The number of halogens is 1. The minimum atomic E-state index is -0.0350. The summed E-state index contributed by atoms with van der Waals surface area (Å²) in [7, 11) is 0. The summed E-state index contributed by atoms with van der Waals surface area (Å²) in [5, 5.41) is 10.5. The maximum atomic E-state index is 12.5. The molecule has 0 spiro atoms. The van der Waals surface area contributed by atoms with Crippen LogP contribution in [0.5, 0.6) is 0 Å². The highest BCUT2D eigenvalue weighted by Gasteiger charge is 2.26. The molecule has 1 atom stereocenters. The molecule has 0 radical (unpaired) electrons. The summed E-state index contributed by atoms with van der Waals surface area (Å²) in [5.74, 6) is 0.322. The first-order valence-corrected chi connectivity index (χ1v) is 9.72. The number of nitrogens with zero attached hydrogens (tertiary/aromatic N) is 2. The van der Waals surface area contributed by atoms with Gasteiger partial charge in [0.25, 0.3) is 5.91 Å². The molecule has 0 unspecified atom stereocenters. The molecular formula is C20H25ClN4O2. The summed E-state index contributed by atoms with van der Waals surface area (Å²) < 4.78 is 0. The molecule has 2 aromatic rings. The molecule has 1 aromatic carbocycles. The second-order valence-electron chi connectivity index (χ2n) is 7.10. The van der Waals surface area contributed by atoms with Gasteiger partial charge in [-0.1, -0.05) is 29.8 Å². The Morgan fingerprint density at radius 2 is 2.19 bits per heavy atom. The van der Waals surface area contributed by atoms with E-state index in [4.69, 9.17) is 11.6 Å². The number of carbonyl (C=O) groups excluding carboxylic acids is 2. The van der Waals surface area contributed by atoms with Crippen LogP contribution < -0.4 is 5.32 Å². The van der Waals surface area contributed by atoms with Gasteiger partial charge in [-0.25, -0.2) is 0 Å². The van der Waals surface area contributed by atoms with Crippen molar-refractivity contribution in [3.05, 3.63) is 52.3 Å². The molecule has 2 amide bonds. The molecule has 6 nitrogen and oxygen atoms in total. The Hall–Kier alpha value is -2.34. The maximum absolute atomic E-state index is 12.5. The van der Waals surface area contributed by atoms with Crippen LogP contribution in [0.3, 0.4) is 0 Å². The summed E-state index contributed by atoms with van der Waals surface area (Å²) in [4.78, 5) is 26.6. The van der Waals surface area contributed by atoms with Crippen LogP contribution in [0.25, 0.3) is 0 Å². The molecule has 1 aliphatic heterocycles. The second kappa shape index (κ2) is 9.04. The van der Waals surface area contributed by atoms with Gasteiger partial charge < -0.3 is 10.2 Å². The largest absolute Gasteiger partial charge is 0.352 e. The van der Waals surface area contributed by atoms with Gasteiger partial charge in [0.05, 0.1) is 0 Å². The van der Waals surface area contributed by atoms with Gasteiger partial charge in [-0.2, -0.15) is 5.10 Å². The lowest BCUT2D eigenvalue weighted by molar-refractivity contribution is -0.121. The van der Waals surface area contributed by atoms with Crippen LogP contribution in [-0.4, -0.2) is 40.0 Å². The lowest BCUT2D eigenvalue weighted by atomic mass is 9.93. The van der Waals surface area contributed by atoms with Gasteiger partial charge in [-0.3, -0.25) is 14.7 Å². The fourth-order valence-corrected chi connectivity index (χ4v) is 3.64. The number of aromatic nitrogens is 2. The van der Waals surface area contributed by atoms with E-state index in [1.807, 2.05) is 36.1 Å². The predicted molar refractivity (Wildman–Crippen MR) is 104 cm³/mol. The van der Waals surface area contributed by atoms with E-state index in [1.54, 1.807) is 6.07 Å². The zero-order valence-electron chi connectivity index (χ0n) is 15.5. The lowest BCUT2D eigenvalue weighted by Gasteiger charge is -2.32. The summed E-state index contributed by atoms with van der Waals surface area (Å²) in [6, 6.07) is 9.27. The SMILES string of the molecule is Cc1cc(C(=O)N2CCC[C@@H](CCC(=O)NCc3ccccc3Cl)C2)n[nH]1. The third-order valence-corrected chi connectivity index (χ3v) is 5.31. The molecule has 7 heteroatoms. The van der Waals surface area contributed by atoms with Crippen molar-refractivity contribution in [3.8, 4) is 0 Å². The third kappa shape index (κ3) is 5.32. The Balaban J connectivity index is 1.44. The van der Waals surface area contributed by atoms with Crippen molar-refractivity contribution in [3.63, 3.8) is 0 Å². The van der Waals surface area contributed by atoms with Crippen LogP contribution >= 0.6 is 11.6 Å². The molecule has 2 N–H and O–H groups in total. The first kappa shape index (κ1) is 19.4. The van der Waals surface area contributed by atoms with Crippen molar-refractivity contribution in [2.45, 2.75) is 39.2 Å². The molecule has 0 bridgehead atoms. The van der Waals surface area contributed by atoms with Gasteiger partial charge in [0.2, 0.25) is 5.91 Å². The normalized spacial score (nSPS) is 17.0. The Morgan fingerprint density at radius 3 is 2.93 bits per heavy atom. The van der Waals surface area contributed by atoms with E-state index in [-0.39, 0.29) is 11.8 Å². The van der Waals surface area contributed by atoms with Crippen molar-refractivity contribution >= 4 is 23.4 Å². The number of rotatable bonds is 6. The number of aryl methyl sites for hydroxylation is 1. The van der Waals surface area contributed by atoms with Crippen molar-refractivity contribution in [1.29, 1.82) is 0 Å². The molecule has 1 aliphatic rings. The summed E-state index contributed by atoms with van der Waals surface area (Å²) in [5.41, 5.74) is 2.25. The highest BCUT2D eigenvalue weighted by atomic mass is 35.5. The lowest BCUT2D eigenvalue weighted by Crippen LogP contribution is -2.40. The highest BCUT2D eigenvalue weighted by molar-refractivity contribution is 6.31. The fraction of sp³-hybridized carbons (Fsp3) is 0.450. The van der Waals surface area contributed by atoms with E-state index in [0.29, 0.717) is 36.1 Å². The number of amides is 2. The van der Waals surface area contributed by atoms with E-state index in [2.05, 4.69) is 15.5 Å². The number of aromatic amines is 1. The first-order valence-electron chi connectivity index (χ1n) is 9.34. The minimum absolute atomic E-state index is 0.0151. The summed E-state index contributed by atoms with van der Waals surface area (Å²) in [6.07, 6.45) is 3.23. The number of piperidine rings is 1. The van der Waals surface area contributed by atoms with Crippen molar-refractivity contribution in [1.82, 2.24) is 20.4 Å². The Morgan fingerprint density at radius 1 is 1.37 bits per heavy atom. The second-order valence-corrected chi connectivity index (χ2v) is 7.51. The van der Waals surface area contributed by atoms with E-state index in [1.165, 1.54) is 0 Å². The van der Waals surface area contributed by atoms with Gasteiger partial charge in [0, 0.05) is 36.8 Å². The number of nitrogens with one attached hydrogen (secondary N) is 2. The highest BCUT2D eigenvalue weighted by Crippen LogP contribution is 2.22. The maximum Gasteiger partial charge on any atom is 0.274 e. The average Bonchev–Trinajstić information content (AvgIpc) is 3.11. The third-order valence-electron chi connectivity index (χ3n) is 4.94. The molecule has 2 heterocycles. The number of likely N-dealkylation sites (tertiary alicyclic amines) is 1. The predicted octanol–water partition coefficient (Wildman–Crippen LogP) is 3.32. The van der Waals surface area contributed by atoms with Crippen LogP contribution in [0.15, 0.2) is 30.3 Å². The zero-order valence-corrected chi connectivity index (χ0v) is 16.3. The topological polar surface area (TPSA) is 78.1 Å². The van der Waals surface area contributed by atoms with Gasteiger partial charge in [0.1, 0.15) is 5.69 Å². The van der Waals surface area contributed by atoms with Crippen LogP contribution in [0, 0.1) is 12.8 Å². The van der Waals surface area contributed by atoms with E-state index in [0.717, 1.165) is 37.1 Å². The summed E-state index contributed by atoms with van der Waals surface area (Å²) in [6.45, 7) is 3.75. The summed E-state index contributed by atoms with van der Waals surface area (Å²) >= 11 is 6.11. The molecule has 1 saturated heterocycles. The Bertz CT molecular complexity index is 805. The molecule has 0 saturated carbocycles. The van der Waals surface area contributed by atoms with E-state index < -0.39 is 0 Å². The fourth-order valence-electron chi connectivity index (χ4n) is 3.43. The number of hydrogen-bond acceptors (Lipinski definition) is 3. The van der Waals surface area contributed by atoms with Crippen molar-refractivity contribution in [2.75, 3.05) is 13.1 Å². The van der Waals surface area contributed by atoms with E-state index in [9.17, 15) is 9.59 Å². The number of benzene rings is 1. The molecule has 144 valence electrons. The quantitative estimate of drug-likeness (QED) is 0.796. The van der Waals surface area contributed by atoms with Gasteiger partial charge >= 0.3 is 0 Å². The van der Waals surface area contributed by atoms with E-state index >= 15 is 0 Å². The molecule has 3 rings (SSSR count). The van der Waals surface area contributed by atoms with Gasteiger partial charge in [0.15, 0.2) is 0 Å². The van der Waals surface area contributed by atoms with Crippen LogP contribution in [-0.2, 0) is 11.3 Å². The standard InChI is InChI=1S/C20H25ClN4O2/c1-14-11-18(24-23-14)20(27)25-10-4-5-15(13-25)8-9-19(26)22-12-16-6-2-3-7-17(16)21/h2-3,6-7,11,15H,4-5,8-10,12-13H2,1H3,(H,22,26)(H,23,24)/t15-/m0/s1. The monoisotopic (exact) mass is 388 g/mol. The Kier molecular flexibility index (Phi) is 6.50. The number of hydrogen-bond donors (Lipinski definition) is 2. The molecule has 1 aromatic heterocycles. The minimum Gasteiger partial charge on any atom is -0.352 e. The van der Waals surface area contributed by atoms with Gasteiger partial charge in [-0.05, 0) is 49.8 Å². The van der Waals surface area contributed by atoms with Crippen LogP contribution in [0.4, 0.5) is 0 Å². The molecule has 27 heavy (non-hydrogen) atoms. The van der Waals surface area contributed by atoms with Crippen LogP contribution in [0.2, 0.25) is 5.02 Å². The average molecular weight is 389 g/mol. The molecule has 0 aliphatic carbocycles. The smallest absolute Gasteiger partial charge is 0.274 e.